The summed E-state index contributed by atoms with van der Waals surface area (Å²) in [7, 11) is 0. The van der Waals surface area contributed by atoms with Gasteiger partial charge in [-0.05, 0) is 49.2 Å². The molecular formula is C18H20N6O. The topological polar surface area (TPSA) is 87.6 Å². The Balaban J connectivity index is 1.42. The van der Waals surface area contributed by atoms with E-state index in [4.69, 9.17) is 0 Å². The van der Waals surface area contributed by atoms with Gasteiger partial charge in [0.05, 0.1) is 11.7 Å². The largest absolute Gasteiger partial charge is 0.321 e. The molecule has 1 unspecified atom stereocenters. The van der Waals surface area contributed by atoms with E-state index < -0.39 is 0 Å². The Bertz CT molecular complexity index is 831. The maximum atomic E-state index is 12.4. The molecule has 1 fully saturated rings. The predicted octanol–water partition coefficient (Wildman–Crippen LogP) is 2.45. The van der Waals surface area contributed by atoms with Crippen molar-refractivity contribution in [3.63, 3.8) is 0 Å². The van der Waals surface area contributed by atoms with Crippen LogP contribution in [0.4, 0.5) is 5.69 Å². The third kappa shape index (κ3) is 3.46. The van der Waals surface area contributed by atoms with Crippen molar-refractivity contribution in [2.75, 3.05) is 18.4 Å². The smallest absolute Gasteiger partial charge is 0.276 e. The fraction of sp³-hybridized carbons (Fsp3) is 0.278. The number of amides is 1. The van der Waals surface area contributed by atoms with E-state index >= 15 is 0 Å². The number of hydrogen-bond donors (Lipinski definition) is 3. The van der Waals surface area contributed by atoms with Crippen molar-refractivity contribution in [2.45, 2.75) is 18.9 Å². The van der Waals surface area contributed by atoms with Crippen molar-refractivity contribution in [3.8, 4) is 11.3 Å². The summed E-state index contributed by atoms with van der Waals surface area (Å²) in [6.07, 6.45) is 5.82. The number of nitrogens with zero attached hydrogens (tertiary/aromatic N) is 3. The normalized spacial score (nSPS) is 17.4. The molecule has 0 bridgehead atoms. The van der Waals surface area contributed by atoms with E-state index in [1.165, 1.54) is 0 Å². The molecule has 7 heteroatoms. The van der Waals surface area contributed by atoms with Crippen LogP contribution in [0.1, 0.15) is 29.4 Å². The van der Waals surface area contributed by atoms with Crippen LogP contribution in [0.3, 0.4) is 0 Å². The van der Waals surface area contributed by atoms with Crippen LogP contribution < -0.4 is 10.6 Å². The Labute approximate surface area is 145 Å². The van der Waals surface area contributed by atoms with E-state index in [0.717, 1.165) is 42.9 Å². The number of nitrogens with one attached hydrogen (secondary N) is 3. The summed E-state index contributed by atoms with van der Waals surface area (Å²) in [6, 6.07) is 11.6. The number of aromatic amines is 1. The number of carbonyl (C=O) groups is 1. The second kappa shape index (κ2) is 6.90. The quantitative estimate of drug-likeness (QED) is 0.683. The summed E-state index contributed by atoms with van der Waals surface area (Å²) in [5.74, 6) is -0.197. The van der Waals surface area contributed by atoms with Crippen LogP contribution >= 0.6 is 0 Å². The first-order valence-corrected chi connectivity index (χ1v) is 8.46. The summed E-state index contributed by atoms with van der Waals surface area (Å²) in [5, 5.41) is 17.5. The molecule has 7 nitrogen and oxygen atoms in total. The predicted molar refractivity (Wildman–Crippen MR) is 95.3 cm³/mol. The maximum Gasteiger partial charge on any atom is 0.276 e. The minimum Gasteiger partial charge on any atom is -0.321 e. The van der Waals surface area contributed by atoms with E-state index in [1.807, 2.05) is 41.2 Å². The summed E-state index contributed by atoms with van der Waals surface area (Å²) in [4.78, 5) is 12.4. The minimum atomic E-state index is -0.197. The molecule has 3 heterocycles. The first-order valence-electron chi connectivity index (χ1n) is 8.46. The number of aromatic nitrogens is 4. The SMILES string of the molecule is O=C(Nc1ccc(-c2ccn[nH]2)cc1)c1ccn(C2CCCNC2)n1. The third-order valence-electron chi connectivity index (χ3n) is 4.44. The minimum absolute atomic E-state index is 0.197. The van der Waals surface area contributed by atoms with Gasteiger partial charge < -0.3 is 10.6 Å². The molecule has 1 saturated heterocycles. The monoisotopic (exact) mass is 336 g/mol. The first kappa shape index (κ1) is 15.6. The number of benzene rings is 1. The average Bonchev–Trinajstić information content (AvgIpc) is 3.35. The van der Waals surface area contributed by atoms with E-state index in [2.05, 4.69) is 25.9 Å². The highest BCUT2D eigenvalue weighted by Gasteiger charge is 2.17. The molecule has 4 rings (SSSR count). The molecule has 25 heavy (non-hydrogen) atoms. The summed E-state index contributed by atoms with van der Waals surface area (Å²) in [6.45, 7) is 1.96. The number of hydrogen-bond acceptors (Lipinski definition) is 4. The second-order valence-corrected chi connectivity index (χ2v) is 6.18. The van der Waals surface area contributed by atoms with E-state index in [9.17, 15) is 4.79 Å². The summed E-state index contributed by atoms with van der Waals surface area (Å²) >= 11 is 0. The van der Waals surface area contributed by atoms with Crippen LogP contribution in [0.2, 0.25) is 0 Å². The molecular weight excluding hydrogens is 316 g/mol. The zero-order chi connectivity index (χ0) is 17.1. The van der Waals surface area contributed by atoms with Crippen LogP contribution in [0.15, 0.2) is 48.8 Å². The van der Waals surface area contributed by atoms with Gasteiger partial charge in [-0.15, -0.1) is 0 Å². The van der Waals surface area contributed by atoms with Gasteiger partial charge in [-0.2, -0.15) is 10.2 Å². The average molecular weight is 336 g/mol. The summed E-state index contributed by atoms with van der Waals surface area (Å²) in [5.41, 5.74) is 3.13. The molecule has 3 N–H and O–H groups in total. The standard InChI is InChI=1S/C18H20N6O/c25-18(17-8-11-24(23-17)15-2-1-9-19-12-15)21-14-5-3-13(4-6-14)16-7-10-20-22-16/h3-8,10-11,15,19H,1-2,9,12H2,(H,20,22)(H,21,25). The van der Waals surface area contributed by atoms with E-state index in [0.29, 0.717) is 11.7 Å². The Morgan fingerprint density at radius 2 is 2.08 bits per heavy atom. The molecule has 128 valence electrons. The number of carbonyl (C=O) groups excluding carboxylic acids is 1. The van der Waals surface area contributed by atoms with Gasteiger partial charge in [0.15, 0.2) is 5.69 Å². The number of rotatable bonds is 4. The van der Waals surface area contributed by atoms with E-state index in [1.54, 1.807) is 12.3 Å². The Morgan fingerprint density at radius 3 is 2.80 bits per heavy atom. The molecule has 0 spiro atoms. The molecule has 1 aromatic carbocycles. The Morgan fingerprint density at radius 1 is 1.20 bits per heavy atom. The highest BCUT2D eigenvalue weighted by Crippen LogP contribution is 2.20. The molecule has 0 radical (unpaired) electrons. The zero-order valence-electron chi connectivity index (χ0n) is 13.8. The van der Waals surface area contributed by atoms with Crippen molar-refractivity contribution in [1.29, 1.82) is 0 Å². The number of anilines is 1. The van der Waals surface area contributed by atoms with Gasteiger partial charge in [-0.25, -0.2) is 0 Å². The van der Waals surface area contributed by atoms with Gasteiger partial charge in [-0.1, -0.05) is 12.1 Å². The molecule has 0 aliphatic carbocycles. The molecule has 1 aliphatic heterocycles. The Hall–Kier alpha value is -2.93. The Kier molecular flexibility index (Phi) is 4.30. The number of H-pyrrole nitrogens is 1. The maximum absolute atomic E-state index is 12.4. The van der Waals surface area contributed by atoms with Crippen molar-refractivity contribution >= 4 is 11.6 Å². The van der Waals surface area contributed by atoms with Crippen LogP contribution in [-0.2, 0) is 0 Å². The third-order valence-corrected chi connectivity index (χ3v) is 4.44. The highest BCUT2D eigenvalue weighted by atomic mass is 16.1. The van der Waals surface area contributed by atoms with Crippen molar-refractivity contribution in [3.05, 3.63) is 54.5 Å². The molecule has 3 aromatic rings. The fourth-order valence-corrected chi connectivity index (χ4v) is 3.07. The molecule has 2 aromatic heterocycles. The fourth-order valence-electron chi connectivity index (χ4n) is 3.07. The van der Waals surface area contributed by atoms with Crippen LogP contribution in [-0.4, -0.2) is 39.0 Å². The molecule has 0 saturated carbocycles. The van der Waals surface area contributed by atoms with Crippen molar-refractivity contribution in [1.82, 2.24) is 25.3 Å². The second-order valence-electron chi connectivity index (χ2n) is 6.18. The van der Waals surface area contributed by atoms with Gasteiger partial charge in [0, 0.05) is 24.6 Å². The van der Waals surface area contributed by atoms with Crippen molar-refractivity contribution < 1.29 is 4.79 Å². The lowest BCUT2D eigenvalue weighted by Crippen LogP contribution is -2.32. The van der Waals surface area contributed by atoms with Gasteiger partial charge in [0.2, 0.25) is 0 Å². The molecule has 1 amide bonds. The molecule has 1 atom stereocenters. The lowest BCUT2D eigenvalue weighted by atomic mass is 10.1. The van der Waals surface area contributed by atoms with Gasteiger partial charge in [-0.3, -0.25) is 14.6 Å². The highest BCUT2D eigenvalue weighted by molar-refractivity contribution is 6.02. The van der Waals surface area contributed by atoms with Gasteiger partial charge >= 0.3 is 0 Å². The lowest BCUT2D eigenvalue weighted by Gasteiger charge is -2.22. The zero-order valence-corrected chi connectivity index (χ0v) is 13.8. The lowest BCUT2D eigenvalue weighted by molar-refractivity contribution is 0.102. The van der Waals surface area contributed by atoms with Crippen LogP contribution in [0, 0.1) is 0 Å². The van der Waals surface area contributed by atoms with Crippen LogP contribution in [0.25, 0.3) is 11.3 Å². The van der Waals surface area contributed by atoms with Gasteiger partial charge in [0.25, 0.3) is 5.91 Å². The van der Waals surface area contributed by atoms with E-state index in [-0.39, 0.29) is 5.91 Å². The molecule has 1 aliphatic rings. The first-order chi connectivity index (χ1) is 12.3. The van der Waals surface area contributed by atoms with Crippen molar-refractivity contribution in [2.24, 2.45) is 0 Å². The summed E-state index contributed by atoms with van der Waals surface area (Å²) < 4.78 is 1.89. The number of piperidine rings is 1. The van der Waals surface area contributed by atoms with Gasteiger partial charge in [0.1, 0.15) is 0 Å². The van der Waals surface area contributed by atoms with Crippen LogP contribution in [0.5, 0.6) is 0 Å².